The number of nitrogens with zero attached hydrogens (tertiary/aromatic N) is 4. The summed E-state index contributed by atoms with van der Waals surface area (Å²) in [4.78, 5) is 41.3. The zero-order chi connectivity index (χ0) is 27.8. The highest BCUT2D eigenvalue weighted by Gasteiger charge is 2.30. The second kappa shape index (κ2) is 9.65. The molecule has 10 nitrogen and oxygen atoms in total. The molecule has 13 heteroatoms. The second-order valence-electron chi connectivity index (χ2n) is 9.10. The Morgan fingerprint density at radius 2 is 1.55 bits per heavy atom. The molecule has 0 saturated heterocycles. The lowest BCUT2D eigenvalue weighted by molar-refractivity contribution is -0.142. The van der Waals surface area contributed by atoms with Gasteiger partial charge in [-0.05, 0) is 55.8 Å². The minimum Gasteiger partial charge on any atom is -0.481 e. The first kappa shape index (κ1) is 26.4. The van der Waals surface area contributed by atoms with E-state index in [4.69, 9.17) is 0 Å². The third-order valence-corrected chi connectivity index (χ3v) is 6.03. The van der Waals surface area contributed by atoms with E-state index in [9.17, 15) is 32.7 Å². The Balaban J connectivity index is 1.50. The smallest absolute Gasteiger partial charge is 0.416 e. The van der Waals surface area contributed by atoms with Crippen LogP contribution in [0.5, 0.6) is 0 Å². The van der Waals surface area contributed by atoms with E-state index in [1.807, 2.05) is 0 Å². The predicted molar refractivity (Wildman–Crippen MR) is 133 cm³/mol. The van der Waals surface area contributed by atoms with Crippen molar-refractivity contribution in [3.63, 3.8) is 0 Å². The van der Waals surface area contributed by atoms with Gasteiger partial charge in [-0.1, -0.05) is 12.1 Å². The number of fused-ring (bicyclic) bond motifs is 1. The lowest BCUT2D eigenvalue weighted by atomic mass is 9.85. The number of halogens is 3. The summed E-state index contributed by atoms with van der Waals surface area (Å²) in [6.45, 7) is 2.79. The van der Waals surface area contributed by atoms with Gasteiger partial charge in [-0.3, -0.25) is 23.6 Å². The number of carbonyl (C=O) groups is 2. The molecule has 0 saturated carbocycles. The van der Waals surface area contributed by atoms with Crippen LogP contribution < -0.4 is 16.2 Å². The van der Waals surface area contributed by atoms with E-state index < -0.39 is 34.6 Å². The van der Waals surface area contributed by atoms with E-state index >= 15 is 0 Å². The molecule has 4 aromatic rings. The largest absolute Gasteiger partial charge is 0.481 e. The minimum atomic E-state index is -4.46. The molecule has 0 atom stereocenters. The zero-order valence-electron chi connectivity index (χ0n) is 20.5. The Kier molecular flexibility index (Phi) is 6.70. The van der Waals surface area contributed by atoms with Crippen molar-refractivity contribution in [2.24, 2.45) is 7.05 Å². The standard InChI is InChI=1S/C25H23F3N6O4/c1-24(2,23(37)38)14-4-8-16(9-5-14)30-18(35)12-34-13-29-19-20(22(34)36)33(3)32-21(19)31-17-10-6-15(7-11-17)25(26,27)28/h4-11,13H,12H2,1-3H3,(H,30,35)(H,31,32)(H,37,38). The first-order valence-electron chi connectivity index (χ1n) is 11.3. The van der Waals surface area contributed by atoms with Gasteiger partial charge in [0, 0.05) is 18.4 Å². The van der Waals surface area contributed by atoms with Crippen molar-refractivity contribution in [3.8, 4) is 0 Å². The second-order valence-corrected chi connectivity index (χ2v) is 9.10. The maximum absolute atomic E-state index is 13.1. The Morgan fingerprint density at radius 1 is 0.974 bits per heavy atom. The average Bonchev–Trinajstić information content (AvgIpc) is 3.16. The van der Waals surface area contributed by atoms with Crippen LogP contribution in [0.1, 0.15) is 25.0 Å². The van der Waals surface area contributed by atoms with Gasteiger partial charge >= 0.3 is 12.1 Å². The maximum atomic E-state index is 13.1. The molecule has 4 rings (SSSR count). The van der Waals surface area contributed by atoms with Gasteiger partial charge in [-0.2, -0.15) is 18.3 Å². The van der Waals surface area contributed by atoms with Crippen molar-refractivity contribution < 1.29 is 27.9 Å². The number of rotatable bonds is 7. The molecule has 0 aliphatic rings. The molecule has 1 amide bonds. The maximum Gasteiger partial charge on any atom is 0.416 e. The molecule has 0 spiro atoms. The topological polar surface area (TPSA) is 131 Å². The highest BCUT2D eigenvalue weighted by Crippen LogP contribution is 2.31. The van der Waals surface area contributed by atoms with Crippen LogP contribution in [0, 0.1) is 0 Å². The number of carbonyl (C=O) groups excluding carboxylic acids is 1. The molecule has 3 N–H and O–H groups in total. The zero-order valence-corrected chi connectivity index (χ0v) is 20.5. The highest BCUT2D eigenvalue weighted by atomic mass is 19.4. The van der Waals surface area contributed by atoms with E-state index in [0.717, 1.165) is 16.7 Å². The molecule has 0 fully saturated rings. The summed E-state index contributed by atoms with van der Waals surface area (Å²) >= 11 is 0. The minimum absolute atomic E-state index is 0.0926. The predicted octanol–water partition coefficient (Wildman–Crippen LogP) is 3.89. The lowest BCUT2D eigenvalue weighted by Gasteiger charge is -2.19. The van der Waals surface area contributed by atoms with Gasteiger partial charge in [0.05, 0.1) is 17.3 Å². The number of carboxylic acids is 1. The number of benzene rings is 2. The lowest BCUT2D eigenvalue weighted by Crippen LogP contribution is -2.29. The molecule has 0 aliphatic carbocycles. The van der Waals surface area contributed by atoms with E-state index in [1.165, 1.54) is 30.2 Å². The van der Waals surface area contributed by atoms with Gasteiger partial charge < -0.3 is 15.7 Å². The number of alkyl halides is 3. The number of nitrogens with one attached hydrogen (secondary N) is 2. The Bertz CT molecular complexity index is 1570. The molecule has 38 heavy (non-hydrogen) atoms. The van der Waals surface area contributed by atoms with Crippen LogP contribution in [0.2, 0.25) is 0 Å². The summed E-state index contributed by atoms with van der Waals surface area (Å²) in [5.74, 6) is -1.33. The summed E-state index contributed by atoms with van der Waals surface area (Å²) in [7, 11) is 1.51. The third-order valence-electron chi connectivity index (χ3n) is 6.03. The average molecular weight is 528 g/mol. The van der Waals surface area contributed by atoms with Gasteiger partial charge in [0.25, 0.3) is 5.56 Å². The molecule has 198 valence electrons. The number of hydrogen-bond acceptors (Lipinski definition) is 6. The van der Waals surface area contributed by atoms with Gasteiger partial charge in [0.15, 0.2) is 11.3 Å². The first-order chi connectivity index (χ1) is 17.8. The van der Waals surface area contributed by atoms with Crippen molar-refractivity contribution in [1.82, 2.24) is 19.3 Å². The summed E-state index contributed by atoms with van der Waals surface area (Å²) in [6, 6.07) is 10.7. The molecule has 0 unspecified atom stereocenters. The van der Waals surface area contributed by atoms with E-state index in [1.54, 1.807) is 38.1 Å². The van der Waals surface area contributed by atoms with Gasteiger partial charge in [0.2, 0.25) is 5.91 Å². The fourth-order valence-electron chi connectivity index (χ4n) is 3.72. The van der Waals surface area contributed by atoms with E-state index in [0.29, 0.717) is 16.9 Å². The van der Waals surface area contributed by atoms with Crippen molar-refractivity contribution in [2.75, 3.05) is 10.6 Å². The molecule has 2 heterocycles. The molecular formula is C25H23F3N6O4. The number of aryl methyl sites for hydroxylation is 1. The fourth-order valence-corrected chi connectivity index (χ4v) is 3.72. The van der Waals surface area contributed by atoms with Gasteiger partial charge in [-0.25, -0.2) is 4.98 Å². The third kappa shape index (κ3) is 5.21. The molecule has 2 aromatic heterocycles. The SMILES string of the molecule is Cn1nc(Nc2ccc(C(F)(F)F)cc2)c2ncn(CC(=O)Nc3ccc(C(C)(C)C(=O)O)cc3)c(=O)c21. The van der Waals surface area contributed by atoms with Crippen molar-refractivity contribution in [1.29, 1.82) is 0 Å². The highest BCUT2D eigenvalue weighted by molar-refractivity contribution is 5.91. The van der Waals surface area contributed by atoms with Crippen LogP contribution in [0.25, 0.3) is 11.0 Å². The number of hydrogen-bond donors (Lipinski definition) is 3. The van der Waals surface area contributed by atoms with E-state index in [2.05, 4.69) is 20.7 Å². The van der Waals surface area contributed by atoms with Crippen LogP contribution in [-0.4, -0.2) is 36.3 Å². The summed E-state index contributed by atoms with van der Waals surface area (Å²) in [5, 5.41) is 19.1. The molecule has 0 bridgehead atoms. The normalized spacial score (nSPS) is 11.9. The Labute approximate surface area is 213 Å². The summed E-state index contributed by atoms with van der Waals surface area (Å²) < 4.78 is 40.8. The number of aliphatic carboxylic acids is 1. The van der Waals surface area contributed by atoms with Crippen LogP contribution in [-0.2, 0) is 34.8 Å². The molecular weight excluding hydrogens is 505 g/mol. The van der Waals surface area contributed by atoms with E-state index in [-0.39, 0.29) is 23.4 Å². The van der Waals surface area contributed by atoms with Crippen molar-refractivity contribution >= 4 is 40.1 Å². The molecule has 0 aliphatic heterocycles. The summed E-state index contributed by atoms with van der Waals surface area (Å²) in [6.07, 6.45) is -3.28. The van der Waals surface area contributed by atoms with Gasteiger partial charge in [0.1, 0.15) is 12.1 Å². The first-order valence-corrected chi connectivity index (χ1v) is 11.3. The van der Waals surface area contributed by atoms with Gasteiger partial charge in [-0.15, -0.1) is 0 Å². The summed E-state index contributed by atoms with van der Waals surface area (Å²) in [5.41, 5.74) is -0.856. The van der Waals surface area contributed by atoms with Crippen LogP contribution in [0.4, 0.5) is 30.4 Å². The van der Waals surface area contributed by atoms with Crippen LogP contribution >= 0.6 is 0 Å². The number of carboxylic acid groups (broad SMARTS) is 1. The molecule has 0 radical (unpaired) electrons. The monoisotopic (exact) mass is 528 g/mol. The van der Waals surface area contributed by atoms with Crippen molar-refractivity contribution in [2.45, 2.75) is 32.0 Å². The quantitative estimate of drug-likeness (QED) is 0.332. The fraction of sp³-hybridized carbons (Fsp3) is 0.240. The van der Waals surface area contributed by atoms with Crippen LogP contribution in [0.15, 0.2) is 59.7 Å². The number of amides is 1. The Morgan fingerprint density at radius 3 is 2.13 bits per heavy atom. The van der Waals surface area contributed by atoms with Crippen LogP contribution in [0.3, 0.4) is 0 Å². The molecule has 2 aromatic carbocycles. The van der Waals surface area contributed by atoms with Crippen molar-refractivity contribution in [3.05, 3.63) is 76.3 Å². The number of aromatic nitrogens is 4. The number of anilines is 3. The Hall–Kier alpha value is -4.68.